The number of phenolic OH excluding ortho intramolecular Hbond substituents is 5. The molecule has 0 saturated heterocycles. The van der Waals surface area contributed by atoms with Crippen molar-refractivity contribution >= 4 is 21.9 Å². The van der Waals surface area contributed by atoms with Crippen molar-refractivity contribution in [3.05, 3.63) is 187 Å². The van der Waals surface area contributed by atoms with E-state index < -0.39 is 28.7 Å². The first-order valence-corrected chi connectivity index (χ1v) is 18.4. The molecule has 8 aromatic carbocycles. The zero-order valence-corrected chi connectivity index (χ0v) is 30.1. The van der Waals surface area contributed by atoms with Gasteiger partial charge in [0.2, 0.25) is 17.2 Å². The third-order valence-corrected chi connectivity index (χ3v) is 10.7. The topological polar surface area (TPSA) is 114 Å². The van der Waals surface area contributed by atoms with Gasteiger partial charge in [-0.1, -0.05) is 152 Å². The first-order chi connectivity index (χ1) is 27.3. The number of phenols is 5. The maximum Gasteiger partial charge on any atom is 0.208 e. The van der Waals surface area contributed by atoms with E-state index in [-0.39, 0.29) is 11.5 Å². The van der Waals surface area contributed by atoms with E-state index in [1.54, 1.807) is 12.1 Å². The molecular formula is C50H36O6. The van der Waals surface area contributed by atoms with Crippen LogP contribution in [0.15, 0.2) is 174 Å². The van der Waals surface area contributed by atoms with Crippen molar-refractivity contribution in [1.82, 2.24) is 0 Å². The second kappa shape index (κ2) is 14.1. The van der Waals surface area contributed by atoms with Crippen molar-refractivity contribution in [2.24, 2.45) is 0 Å². The van der Waals surface area contributed by atoms with Gasteiger partial charge >= 0.3 is 0 Å². The molecule has 0 fully saturated rings. The van der Waals surface area contributed by atoms with Crippen LogP contribution >= 0.6 is 0 Å². The molecule has 56 heavy (non-hydrogen) atoms. The molecule has 0 amide bonds. The minimum atomic E-state index is -0.987. The maximum absolute atomic E-state index is 10.6. The van der Waals surface area contributed by atoms with E-state index in [9.17, 15) is 25.5 Å². The van der Waals surface area contributed by atoms with Gasteiger partial charge in [-0.3, -0.25) is 0 Å². The Kier molecular flexibility index (Phi) is 8.64. The lowest BCUT2D eigenvalue weighted by Crippen LogP contribution is -2.05. The van der Waals surface area contributed by atoms with Crippen molar-refractivity contribution in [3.8, 4) is 73.3 Å². The van der Waals surface area contributed by atoms with Crippen molar-refractivity contribution < 1.29 is 29.9 Å². The minimum Gasteiger partial charge on any atom is -0.504 e. The second-order valence-corrected chi connectivity index (χ2v) is 14.1. The molecule has 0 radical (unpaired) electrons. The summed E-state index contributed by atoms with van der Waals surface area (Å²) in [4.78, 5) is 0. The minimum absolute atomic E-state index is 0.0548. The van der Waals surface area contributed by atoms with Gasteiger partial charge in [-0.15, -0.1) is 0 Å². The number of aromatic hydroxyl groups is 5. The number of benzene rings is 8. The normalized spacial score (nSPS) is 11.9. The molecule has 1 heterocycles. The molecule has 272 valence electrons. The zero-order chi connectivity index (χ0) is 38.3. The molecule has 0 aliphatic carbocycles. The molecule has 0 aliphatic rings. The summed E-state index contributed by atoms with van der Waals surface area (Å²) in [5, 5.41) is 53.5. The maximum atomic E-state index is 10.6. The number of hydrogen-bond donors (Lipinski definition) is 5. The van der Waals surface area contributed by atoms with Crippen LogP contribution in [0.1, 0.15) is 22.6 Å². The monoisotopic (exact) mass is 732 g/mol. The number of para-hydroxylation sites is 1. The number of furan rings is 1. The fourth-order valence-corrected chi connectivity index (χ4v) is 7.64. The average Bonchev–Trinajstić information content (AvgIpc) is 3.63. The molecule has 0 unspecified atom stereocenters. The van der Waals surface area contributed by atoms with Crippen molar-refractivity contribution in [3.63, 3.8) is 0 Å². The predicted molar refractivity (Wildman–Crippen MR) is 222 cm³/mol. The highest BCUT2D eigenvalue weighted by atomic mass is 16.4. The lowest BCUT2D eigenvalue weighted by atomic mass is 9.84. The number of rotatable bonds is 8. The first-order valence-electron chi connectivity index (χ1n) is 18.4. The van der Waals surface area contributed by atoms with Gasteiger partial charge in [-0.05, 0) is 80.3 Å². The van der Waals surface area contributed by atoms with Gasteiger partial charge < -0.3 is 29.9 Å². The van der Waals surface area contributed by atoms with E-state index in [4.69, 9.17) is 4.42 Å². The van der Waals surface area contributed by atoms with E-state index in [0.29, 0.717) is 12.0 Å². The van der Waals surface area contributed by atoms with Gasteiger partial charge in [0.25, 0.3) is 0 Å². The average molecular weight is 733 g/mol. The Morgan fingerprint density at radius 1 is 0.357 bits per heavy atom. The summed E-state index contributed by atoms with van der Waals surface area (Å²) < 4.78 is 6.03. The predicted octanol–water partition coefficient (Wildman–Crippen LogP) is 12.2. The molecule has 6 heteroatoms. The van der Waals surface area contributed by atoms with Crippen LogP contribution in [0.2, 0.25) is 0 Å². The Morgan fingerprint density at radius 3 is 1.39 bits per heavy atom. The van der Waals surface area contributed by atoms with Crippen LogP contribution in [0, 0.1) is 0 Å². The summed E-state index contributed by atoms with van der Waals surface area (Å²) in [6.07, 6.45) is 0.704. The van der Waals surface area contributed by atoms with Crippen LogP contribution in [0.3, 0.4) is 0 Å². The molecule has 1 aromatic heterocycles. The van der Waals surface area contributed by atoms with Crippen LogP contribution < -0.4 is 0 Å². The summed E-state index contributed by atoms with van der Waals surface area (Å²) in [6.45, 7) is 0. The lowest BCUT2D eigenvalue weighted by Gasteiger charge is -2.20. The third-order valence-electron chi connectivity index (χ3n) is 10.7. The van der Waals surface area contributed by atoms with Crippen molar-refractivity contribution in [1.29, 1.82) is 0 Å². The van der Waals surface area contributed by atoms with Crippen LogP contribution in [0.25, 0.3) is 66.4 Å². The fourth-order valence-electron chi connectivity index (χ4n) is 7.64. The van der Waals surface area contributed by atoms with Gasteiger partial charge in [-0.25, -0.2) is 0 Å². The van der Waals surface area contributed by atoms with E-state index in [0.717, 1.165) is 72.0 Å². The molecule has 9 aromatic rings. The van der Waals surface area contributed by atoms with Crippen LogP contribution in [0.5, 0.6) is 28.7 Å². The Labute approximate surface area is 323 Å². The van der Waals surface area contributed by atoms with Gasteiger partial charge in [0, 0.05) is 16.7 Å². The molecule has 0 aliphatic heterocycles. The largest absolute Gasteiger partial charge is 0.504 e. The fraction of sp³-hybridized carbons (Fsp3) is 0.0400. The van der Waals surface area contributed by atoms with Crippen molar-refractivity contribution in [2.45, 2.75) is 12.3 Å². The second-order valence-electron chi connectivity index (χ2n) is 14.1. The number of fused-ring (bicyclic) bond motifs is 3. The van der Waals surface area contributed by atoms with E-state index in [1.165, 1.54) is 0 Å². The van der Waals surface area contributed by atoms with Gasteiger partial charge in [0.1, 0.15) is 11.2 Å². The van der Waals surface area contributed by atoms with E-state index in [2.05, 4.69) is 103 Å². The van der Waals surface area contributed by atoms with Gasteiger partial charge in [-0.2, -0.15) is 0 Å². The summed E-state index contributed by atoms with van der Waals surface area (Å²) >= 11 is 0. The van der Waals surface area contributed by atoms with Crippen LogP contribution in [-0.4, -0.2) is 25.5 Å². The molecule has 0 spiro atoms. The highest BCUT2D eigenvalue weighted by Gasteiger charge is 2.25. The molecule has 0 saturated carbocycles. The van der Waals surface area contributed by atoms with Crippen LogP contribution in [-0.2, 0) is 6.42 Å². The lowest BCUT2D eigenvalue weighted by molar-refractivity contribution is 0.330. The summed E-state index contributed by atoms with van der Waals surface area (Å²) in [5.41, 5.74) is 11.9. The summed E-state index contributed by atoms with van der Waals surface area (Å²) in [7, 11) is 0. The van der Waals surface area contributed by atoms with Crippen molar-refractivity contribution in [2.75, 3.05) is 0 Å². The molecule has 1 atom stereocenters. The summed E-state index contributed by atoms with van der Waals surface area (Å²) in [5.74, 6) is -4.31. The Morgan fingerprint density at radius 2 is 0.786 bits per heavy atom. The molecular weight excluding hydrogens is 697 g/mol. The molecule has 6 nitrogen and oxygen atoms in total. The molecule has 5 N–H and O–H groups in total. The van der Waals surface area contributed by atoms with Crippen LogP contribution in [0.4, 0.5) is 0 Å². The SMILES string of the molecule is Oc1c(O)c(O)c(-c2ccc([C@H](Cc3ccc(-c4ccccc4)cc3)c3ccc(-c4ccc(-c5ccc6oc7ccccc7c6c5)cc4)cc3)cc2)c(O)c1O. The highest BCUT2D eigenvalue weighted by Crippen LogP contribution is 2.54. The Balaban J connectivity index is 1.02. The third kappa shape index (κ3) is 6.23. The van der Waals surface area contributed by atoms with Gasteiger partial charge in [0.05, 0.1) is 5.56 Å². The first kappa shape index (κ1) is 34.3. The highest BCUT2D eigenvalue weighted by molar-refractivity contribution is 6.06. The zero-order valence-electron chi connectivity index (χ0n) is 30.1. The molecule has 0 bridgehead atoms. The Bertz CT molecular complexity index is 2810. The quantitative estimate of drug-likeness (QED) is 0.0785. The Hall–Kier alpha value is -7.44. The summed E-state index contributed by atoms with van der Waals surface area (Å²) in [6, 6.07) is 57.8. The van der Waals surface area contributed by atoms with Gasteiger partial charge in [0.15, 0.2) is 11.5 Å². The molecule has 9 rings (SSSR count). The van der Waals surface area contributed by atoms with E-state index >= 15 is 0 Å². The standard InChI is InChI=1S/C50H36O6/c51-46-45(47(52)49(54)50(55)48(46)53)38-24-22-37(23-25-38)41(28-30-10-12-32(13-11-30)31-6-2-1-3-7-31)36-20-18-34(19-21-36)33-14-16-35(17-15-33)39-26-27-44-42(29-39)40-8-4-5-9-43(40)56-44/h1-27,29,41,51-55H,28H2/t41-/m1/s1. The smallest absolute Gasteiger partial charge is 0.208 e. The number of hydrogen-bond acceptors (Lipinski definition) is 6. The van der Waals surface area contributed by atoms with E-state index in [1.807, 2.05) is 54.6 Å².